The predicted molar refractivity (Wildman–Crippen MR) is 86.4 cm³/mol. The Labute approximate surface area is 130 Å². The SMILES string of the molecule is Cn1c(N2CCCCC2)c(Br)c(N2CCCCC2)[n+]1C. The van der Waals surface area contributed by atoms with Crippen molar-refractivity contribution in [2.75, 3.05) is 36.0 Å². The first kappa shape index (κ1) is 14.2. The summed E-state index contributed by atoms with van der Waals surface area (Å²) < 4.78 is 5.89. The number of halogens is 1. The molecule has 1 aromatic heterocycles. The minimum atomic E-state index is 1.19. The molecule has 0 amide bonds. The van der Waals surface area contributed by atoms with E-state index in [-0.39, 0.29) is 0 Å². The van der Waals surface area contributed by atoms with Crippen LogP contribution in [-0.2, 0) is 14.1 Å². The molecule has 0 saturated carbocycles. The molecule has 5 heteroatoms. The van der Waals surface area contributed by atoms with Gasteiger partial charge in [-0.05, 0) is 54.5 Å². The quantitative estimate of drug-likeness (QED) is 0.768. The van der Waals surface area contributed by atoms with Gasteiger partial charge in [0.1, 0.15) is 7.05 Å². The van der Waals surface area contributed by atoms with Gasteiger partial charge in [-0.15, -0.1) is 0 Å². The number of anilines is 2. The topological polar surface area (TPSA) is 15.3 Å². The van der Waals surface area contributed by atoms with Gasteiger partial charge in [0.15, 0.2) is 10.3 Å². The highest BCUT2D eigenvalue weighted by atomic mass is 79.9. The average molecular weight is 342 g/mol. The summed E-state index contributed by atoms with van der Waals surface area (Å²) in [5.41, 5.74) is 0. The molecule has 0 spiro atoms. The highest BCUT2D eigenvalue weighted by Gasteiger charge is 2.32. The Morgan fingerprint density at radius 1 is 0.850 bits per heavy atom. The number of hydrogen-bond donors (Lipinski definition) is 0. The van der Waals surface area contributed by atoms with Crippen LogP contribution in [0.5, 0.6) is 0 Å². The second-order valence-electron chi connectivity index (χ2n) is 6.10. The van der Waals surface area contributed by atoms with Crippen molar-refractivity contribution in [3.63, 3.8) is 0 Å². The van der Waals surface area contributed by atoms with Crippen LogP contribution < -0.4 is 14.5 Å². The molecule has 0 radical (unpaired) electrons. The Hall–Kier alpha value is -0.710. The first-order valence-corrected chi connectivity index (χ1v) is 8.74. The minimum absolute atomic E-state index is 1.19. The fourth-order valence-corrected chi connectivity index (χ4v) is 4.58. The first-order valence-electron chi connectivity index (χ1n) is 7.94. The summed E-state index contributed by atoms with van der Waals surface area (Å²) in [5.74, 6) is 2.71. The Morgan fingerprint density at radius 2 is 1.35 bits per heavy atom. The molecule has 2 aliphatic rings. The highest BCUT2D eigenvalue weighted by molar-refractivity contribution is 9.10. The second kappa shape index (κ2) is 5.96. The number of piperidine rings is 2. The monoisotopic (exact) mass is 341 g/mol. The maximum Gasteiger partial charge on any atom is 0.313 e. The molecular weight excluding hydrogens is 316 g/mol. The van der Waals surface area contributed by atoms with Crippen molar-refractivity contribution in [2.24, 2.45) is 14.1 Å². The van der Waals surface area contributed by atoms with Gasteiger partial charge in [-0.3, -0.25) is 4.90 Å². The van der Waals surface area contributed by atoms with E-state index in [1.165, 1.54) is 80.8 Å². The molecule has 0 bridgehead atoms. The van der Waals surface area contributed by atoms with Crippen LogP contribution in [0.25, 0.3) is 0 Å². The number of hydrogen-bond acceptors (Lipinski definition) is 2. The zero-order valence-corrected chi connectivity index (χ0v) is 14.3. The van der Waals surface area contributed by atoms with E-state index in [2.05, 4.69) is 49.2 Å². The number of aromatic nitrogens is 2. The predicted octanol–water partition coefficient (Wildman–Crippen LogP) is 2.59. The summed E-state index contributed by atoms with van der Waals surface area (Å²) >= 11 is 3.90. The molecule has 20 heavy (non-hydrogen) atoms. The number of nitrogens with zero attached hydrogens (tertiary/aromatic N) is 4. The summed E-state index contributed by atoms with van der Waals surface area (Å²) in [6.07, 6.45) is 8.04. The average Bonchev–Trinajstić information content (AvgIpc) is 2.71. The molecule has 0 unspecified atom stereocenters. The fraction of sp³-hybridized carbons (Fsp3) is 0.800. The van der Waals surface area contributed by atoms with Crippen molar-refractivity contribution in [3.05, 3.63) is 4.47 Å². The van der Waals surface area contributed by atoms with Crippen LogP contribution in [0.3, 0.4) is 0 Å². The molecule has 112 valence electrons. The number of rotatable bonds is 2. The van der Waals surface area contributed by atoms with Gasteiger partial charge in [0.25, 0.3) is 0 Å². The van der Waals surface area contributed by atoms with Gasteiger partial charge in [0.05, 0.1) is 13.1 Å². The van der Waals surface area contributed by atoms with Crippen LogP contribution in [0.1, 0.15) is 38.5 Å². The Bertz CT molecular complexity index is 429. The van der Waals surface area contributed by atoms with Crippen LogP contribution >= 0.6 is 15.9 Å². The van der Waals surface area contributed by atoms with Crippen LogP contribution in [0, 0.1) is 0 Å². The molecule has 2 fully saturated rings. The van der Waals surface area contributed by atoms with Gasteiger partial charge in [0, 0.05) is 20.1 Å². The lowest BCUT2D eigenvalue weighted by Gasteiger charge is -2.28. The van der Waals surface area contributed by atoms with Gasteiger partial charge >= 0.3 is 5.82 Å². The zero-order chi connectivity index (χ0) is 14.1. The lowest BCUT2D eigenvalue weighted by molar-refractivity contribution is -0.738. The van der Waals surface area contributed by atoms with E-state index in [9.17, 15) is 0 Å². The zero-order valence-electron chi connectivity index (χ0n) is 12.7. The molecule has 2 saturated heterocycles. The van der Waals surface area contributed by atoms with E-state index < -0.39 is 0 Å². The van der Waals surface area contributed by atoms with Crippen molar-refractivity contribution < 1.29 is 4.68 Å². The Kier molecular flexibility index (Phi) is 4.24. The summed E-state index contributed by atoms with van der Waals surface area (Å²) in [7, 11) is 4.37. The summed E-state index contributed by atoms with van der Waals surface area (Å²) in [6, 6.07) is 0. The molecule has 4 nitrogen and oxygen atoms in total. The van der Waals surface area contributed by atoms with E-state index in [4.69, 9.17) is 0 Å². The molecule has 0 aromatic carbocycles. The second-order valence-corrected chi connectivity index (χ2v) is 6.90. The van der Waals surface area contributed by atoms with Gasteiger partial charge in [-0.25, -0.2) is 4.68 Å². The third kappa shape index (κ3) is 2.45. The Balaban J connectivity index is 1.94. The molecule has 0 atom stereocenters. The molecule has 0 aliphatic carbocycles. The first-order chi connectivity index (χ1) is 9.70. The van der Waals surface area contributed by atoms with Crippen LogP contribution in [0.15, 0.2) is 4.47 Å². The van der Waals surface area contributed by atoms with Gasteiger partial charge in [-0.2, -0.15) is 4.68 Å². The minimum Gasteiger partial charge on any atom is -0.354 e. The maximum absolute atomic E-state index is 3.90. The van der Waals surface area contributed by atoms with Crippen molar-refractivity contribution in [3.8, 4) is 0 Å². The van der Waals surface area contributed by atoms with Crippen molar-refractivity contribution in [1.29, 1.82) is 0 Å². The van der Waals surface area contributed by atoms with Gasteiger partial charge < -0.3 is 4.90 Å². The fourth-order valence-electron chi connectivity index (χ4n) is 3.57. The van der Waals surface area contributed by atoms with Crippen LogP contribution in [0.4, 0.5) is 11.6 Å². The van der Waals surface area contributed by atoms with Gasteiger partial charge in [-0.1, -0.05) is 0 Å². The van der Waals surface area contributed by atoms with Crippen molar-refractivity contribution in [1.82, 2.24) is 4.68 Å². The smallest absolute Gasteiger partial charge is 0.313 e. The van der Waals surface area contributed by atoms with E-state index in [1.54, 1.807) is 0 Å². The summed E-state index contributed by atoms with van der Waals surface area (Å²) in [5, 5.41) is 0. The van der Waals surface area contributed by atoms with Gasteiger partial charge in [0.2, 0.25) is 0 Å². The third-order valence-corrected chi connectivity index (χ3v) is 5.48. The lowest BCUT2D eigenvalue weighted by atomic mass is 10.1. The standard InChI is InChI=1S/C15H26BrN4/c1-17-14(19-9-5-3-6-10-19)13(16)15(18(17)2)20-11-7-4-8-12-20/h3-12H2,1-2H3/q+1. The maximum atomic E-state index is 3.90. The largest absolute Gasteiger partial charge is 0.354 e. The van der Waals surface area contributed by atoms with E-state index in [0.29, 0.717) is 0 Å². The molecule has 1 aromatic rings. The van der Waals surface area contributed by atoms with Crippen molar-refractivity contribution >= 4 is 27.6 Å². The molecule has 2 aliphatic heterocycles. The normalized spacial score (nSPS) is 20.6. The summed E-state index contributed by atoms with van der Waals surface area (Å²) in [4.78, 5) is 5.09. The molecule has 0 N–H and O–H groups in total. The molecule has 3 rings (SSSR count). The Morgan fingerprint density at radius 3 is 1.90 bits per heavy atom. The van der Waals surface area contributed by atoms with E-state index >= 15 is 0 Å². The molecular formula is C15H26BrN4+. The third-order valence-electron chi connectivity index (χ3n) is 4.77. The van der Waals surface area contributed by atoms with E-state index in [0.717, 1.165) is 0 Å². The van der Waals surface area contributed by atoms with Crippen LogP contribution in [0.2, 0.25) is 0 Å². The lowest BCUT2D eigenvalue weighted by Crippen LogP contribution is -2.46. The van der Waals surface area contributed by atoms with Crippen LogP contribution in [-0.4, -0.2) is 30.9 Å². The molecule has 3 heterocycles. The van der Waals surface area contributed by atoms with E-state index in [1.807, 2.05) is 0 Å². The highest BCUT2D eigenvalue weighted by Crippen LogP contribution is 2.35. The van der Waals surface area contributed by atoms with Crippen molar-refractivity contribution in [2.45, 2.75) is 38.5 Å². The summed E-state index contributed by atoms with van der Waals surface area (Å²) in [6.45, 7) is 4.76.